The van der Waals surface area contributed by atoms with Gasteiger partial charge in [-0.05, 0) is 50.2 Å². The number of thiazole rings is 1. The van der Waals surface area contributed by atoms with Crippen molar-refractivity contribution in [1.29, 1.82) is 0 Å². The molecule has 1 aromatic heterocycles. The summed E-state index contributed by atoms with van der Waals surface area (Å²) in [5.41, 5.74) is 1.30. The number of carbonyl (C=O) groups excluding carboxylic acids is 1. The first-order chi connectivity index (χ1) is 13.1. The van der Waals surface area contributed by atoms with Gasteiger partial charge in [-0.2, -0.15) is 0 Å². The van der Waals surface area contributed by atoms with Gasteiger partial charge >= 0.3 is 0 Å². The average molecular weight is 403 g/mol. The van der Waals surface area contributed by atoms with Crippen molar-refractivity contribution in [2.24, 2.45) is 0 Å². The number of rotatable bonds is 7. The number of hydrogen-bond acceptors (Lipinski definition) is 5. The van der Waals surface area contributed by atoms with Crippen LogP contribution in [0.25, 0.3) is 0 Å². The number of ether oxygens (including phenoxy) is 2. The van der Waals surface area contributed by atoms with Crippen molar-refractivity contribution in [3.63, 3.8) is 0 Å². The largest absolute Gasteiger partial charge is 0.492 e. The second kappa shape index (κ2) is 8.88. The molecule has 0 aliphatic carbocycles. The van der Waals surface area contributed by atoms with Crippen molar-refractivity contribution in [3.8, 4) is 11.5 Å². The Bertz CT molecular complexity index is 925. The monoisotopic (exact) mass is 402 g/mol. The molecule has 0 atom stereocenters. The van der Waals surface area contributed by atoms with Gasteiger partial charge in [-0.3, -0.25) is 4.79 Å². The van der Waals surface area contributed by atoms with Crippen LogP contribution in [0.2, 0.25) is 5.02 Å². The van der Waals surface area contributed by atoms with Crippen molar-refractivity contribution in [2.45, 2.75) is 20.5 Å². The number of nitrogens with one attached hydrogen (secondary N) is 1. The predicted molar refractivity (Wildman–Crippen MR) is 108 cm³/mol. The van der Waals surface area contributed by atoms with Crippen LogP contribution >= 0.6 is 22.9 Å². The molecule has 3 aromatic rings. The zero-order valence-electron chi connectivity index (χ0n) is 15.0. The highest BCUT2D eigenvalue weighted by Gasteiger charge is 2.17. The van der Waals surface area contributed by atoms with E-state index in [1.165, 1.54) is 11.3 Å². The first-order valence-corrected chi connectivity index (χ1v) is 9.64. The van der Waals surface area contributed by atoms with Gasteiger partial charge in [-0.1, -0.05) is 23.7 Å². The molecule has 0 spiro atoms. The van der Waals surface area contributed by atoms with Crippen LogP contribution < -0.4 is 14.8 Å². The standard InChI is InChI=1S/C20H19ClN2O3S/c1-3-25-17-7-5-4-6-16(17)23-20(24)19-13(2)22-18(27-19)12-26-15-10-8-14(21)9-11-15/h4-11H,3,12H2,1-2H3,(H,23,24). The van der Waals surface area contributed by atoms with Crippen molar-refractivity contribution in [2.75, 3.05) is 11.9 Å². The minimum Gasteiger partial charge on any atom is -0.492 e. The Labute approximate surface area is 166 Å². The summed E-state index contributed by atoms with van der Waals surface area (Å²) in [5, 5.41) is 4.28. The Hall–Kier alpha value is -2.57. The lowest BCUT2D eigenvalue weighted by Crippen LogP contribution is -2.12. The molecule has 1 N–H and O–H groups in total. The molecule has 0 aliphatic rings. The van der Waals surface area contributed by atoms with E-state index >= 15 is 0 Å². The van der Waals surface area contributed by atoms with Crippen LogP contribution in [0.3, 0.4) is 0 Å². The van der Waals surface area contributed by atoms with Gasteiger partial charge in [0, 0.05) is 5.02 Å². The molecule has 0 saturated carbocycles. The van der Waals surface area contributed by atoms with Crippen LogP contribution in [0, 0.1) is 6.92 Å². The van der Waals surface area contributed by atoms with Crippen molar-refractivity contribution in [1.82, 2.24) is 4.98 Å². The summed E-state index contributed by atoms with van der Waals surface area (Å²) in [7, 11) is 0. The van der Waals surface area contributed by atoms with E-state index in [4.69, 9.17) is 21.1 Å². The fourth-order valence-electron chi connectivity index (χ4n) is 2.43. The molecule has 27 heavy (non-hydrogen) atoms. The topological polar surface area (TPSA) is 60.5 Å². The summed E-state index contributed by atoms with van der Waals surface area (Å²) < 4.78 is 11.3. The number of anilines is 1. The highest BCUT2D eigenvalue weighted by molar-refractivity contribution is 7.13. The first kappa shape index (κ1) is 19.2. The number of para-hydroxylation sites is 2. The summed E-state index contributed by atoms with van der Waals surface area (Å²) >= 11 is 7.18. The van der Waals surface area contributed by atoms with E-state index in [-0.39, 0.29) is 12.5 Å². The minimum absolute atomic E-state index is 0.213. The fraction of sp³-hybridized carbons (Fsp3) is 0.200. The van der Waals surface area contributed by atoms with E-state index < -0.39 is 0 Å². The molecule has 3 rings (SSSR count). The van der Waals surface area contributed by atoms with Gasteiger partial charge in [-0.25, -0.2) is 4.98 Å². The molecule has 0 radical (unpaired) electrons. The smallest absolute Gasteiger partial charge is 0.267 e. The molecule has 1 amide bonds. The molecule has 0 saturated heterocycles. The van der Waals surface area contributed by atoms with E-state index in [2.05, 4.69) is 10.3 Å². The van der Waals surface area contributed by atoms with Crippen LogP contribution in [0.1, 0.15) is 27.3 Å². The second-order valence-corrected chi connectivity index (χ2v) is 7.17. The van der Waals surface area contributed by atoms with Crippen molar-refractivity contribution in [3.05, 3.63) is 69.1 Å². The lowest BCUT2D eigenvalue weighted by molar-refractivity contribution is 0.102. The fourth-order valence-corrected chi connectivity index (χ4v) is 3.43. The number of nitrogens with zero attached hydrogens (tertiary/aromatic N) is 1. The lowest BCUT2D eigenvalue weighted by Gasteiger charge is -2.10. The first-order valence-electron chi connectivity index (χ1n) is 8.44. The molecule has 0 unspecified atom stereocenters. The zero-order valence-corrected chi connectivity index (χ0v) is 16.6. The van der Waals surface area contributed by atoms with Crippen molar-refractivity contribution < 1.29 is 14.3 Å². The van der Waals surface area contributed by atoms with E-state index in [0.29, 0.717) is 39.4 Å². The quantitative estimate of drug-likeness (QED) is 0.579. The Morgan fingerprint density at radius 1 is 1.15 bits per heavy atom. The number of carbonyl (C=O) groups is 1. The number of aromatic nitrogens is 1. The van der Waals surface area contributed by atoms with Gasteiger partial charge in [0.1, 0.15) is 28.0 Å². The third-order valence-corrected chi connectivity index (χ3v) is 5.04. The van der Waals surface area contributed by atoms with Gasteiger partial charge in [0.05, 0.1) is 18.0 Å². The highest BCUT2D eigenvalue weighted by atomic mass is 35.5. The summed E-state index contributed by atoms with van der Waals surface area (Å²) in [4.78, 5) is 17.7. The third-order valence-electron chi connectivity index (χ3n) is 3.66. The second-order valence-electron chi connectivity index (χ2n) is 5.65. The van der Waals surface area contributed by atoms with Crippen molar-refractivity contribution >= 4 is 34.5 Å². The molecule has 2 aromatic carbocycles. The Kier molecular flexibility index (Phi) is 6.32. The van der Waals surface area contributed by atoms with Crippen LogP contribution in [0.4, 0.5) is 5.69 Å². The average Bonchev–Trinajstić information content (AvgIpc) is 3.04. The molecule has 7 heteroatoms. The Morgan fingerprint density at radius 3 is 2.63 bits per heavy atom. The van der Waals surface area contributed by atoms with E-state index in [0.717, 1.165) is 5.01 Å². The van der Waals surface area contributed by atoms with E-state index in [9.17, 15) is 4.79 Å². The summed E-state index contributed by atoms with van der Waals surface area (Å²) in [6.07, 6.45) is 0. The lowest BCUT2D eigenvalue weighted by atomic mass is 10.2. The van der Waals surface area contributed by atoms with Crippen LogP contribution in [0.15, 0.2) is 48.5 Å². The van der Waals surface area contributed by atoms with Gasteiger partial charge < -0.3 is 14.8 Å². The van der Waals surface area contributed by atoms with Crippen LogP contribution in [-0.4, -0.2) is 17.5 Å². The van der Waals surface area contributed by atoms with E-state index in [1.807, 2.05) is 38.1 Å². The maximum absolute atomic E-state index is 12.7. The molecule has 0 fully saturated rings. The summed E-state index contributed by atoms with van der Waals surface area (Å²) in [6.45, 7) is 4.53. The molecular formula is C20H19ClN2O3S. The molecular weight excluding hydrogens is 384 g/mol. The molecule has 1 heterocycles. The molecule has 5 nitrogen and oxygen atoms in total. The maximum Gasteiger partial charge on any atom is 0.267 e. The Balaban J connectivity index is 1.68. The van der Waals surface area contributed by atoms with E-state index in [1.54, 1.807) is 24.3 Å². The normalized spacial score (nSPS) is 10.5. The minimum atomic E-state index is -0.213. The van der Waals surface area contributed by atoms with Gasteiger partial charge in [0.25, 0.3) is 5.91 Å². The molecule has 140 valence electrons. The van der Waals surface area contributed by atoms with Gasteiger partial charge in [-0.15, -0.1) is 11.3 Å². The van der Waals surface area contributed by atoms with Gasteiger partial charge in [0.15, 0.2) is 0 Å². The third kappa shape index (κ3) is 4.99. The van der Waals surface area contributed by atoms with Gasteiger partial charge in [0.2, 0.25) is 0 Å². The molecule has 0 aliphatic heterocycles. The summed E-state index contributed by atoms with van der Waals surface area (Å²) in [5.74, 6) is 1.13. The Morgan fingerprint density at radius 2 is 1.89 bits per heavy atom. The van der Waals surface area contributed by atoms with Crippen LogP contribution in [-0.2, 0) is 6.61 Å². The highest BCUT2D eigenvalue weighted by Crippen LogP contribution is 2.27. The number of halogens is 1. The van der Waals surface area contributed by atoms with Crippen LogP contribution in [0.5, 0.6) is 11.5 Å². The summed E-state index contributed by atoms with van der Waals surface area (Å²) in [6, 6.07) is 14.5. The number of aryl methyl sites for hydroxylation is 1. The maximum atomic E-state index is 12.7. The zero-order chi connectivity index (χ0) is 19.2. The molecule has 0 bridgehead atoms. The SMILES string of the molecule is CCOc1ccccc1NC(=O)c1sc(COc2ccc(Cl)cc2)nc1C. The number of benzene rings is 2. The number of hydrogen-bond donors (Lipinski definition) is 1. The predicted octanol–water partition coefficient (Wildman–Crippen LogP) is 5.33. The number of amides is 1.